The largest absolute Gasteiger partial charge is 0.465 e. The molecule has 0 heterocycles. The third-order valence-electron chi connectivity index (χ3n) is 3.51. The lowest BCUT2D eigenvalue weighted by atomic mass is 10.3. The predicted octanol–water partition coefficient (Wildman–Crippen LogP) is 3.01. The zero-order valence-electron chi connectivity index (χ0n) is 16.0. The van der Waals surface area contributed by atoms with Gasteiger partial charge >= 0.3 is 12.1 Å². The Morgan fingerprint density at radius 2 is 1.62 bits per heavy atom. The molecular weight excluding hydrogens is 400 g/mol. The second kappa shape index (κ2) is 9.26. The zero-order valence-corrected chi connectivity index (χ0v) is 16.8. The van der Waals surface area contributed by atoms with Crippen molar-refractivity contribution in [3.63, 3.8) is 0 Å². The number of carboxylic acid groups (broad SMARTS) is 1. The van der Waals surface area contributed by atoms with E-state index >= 15 is 0 Å². The van der Waals surface area contributed by atoms with Gasteiger partial charge in [0.05, 0.1) is 0 Å². The van der Waals surface area contributed by atoms with Gasteiger partial charge in [-0.1, -0.05) is 0 Å². The Bertz CT molecular complexity index is 990. The van der Waals surface area contributed by atoms with Gasteiger partial charge in [0.15, 0.2) is 0 Å². The van der Waals surface area contributed by atoms with Crippen LogP contribution < -0.4 is 25.4 Å². The minimum atomic E-state index is -3.89. The van der Waals surface area contributed by atoms with Crippen LogP contribution in [-0.2, 0) is 10.0 Å². The molecule has 2 aromatic rings. The van der Waals surface area contributed by atoms with Crippen molar-refractivity contribution in [3.8, 4) is 11.5 Å². The van der Waals surface area contributed by atoms with Crippen LogP contribution in [0.15, 0.2) is 47.4 Å². The highest BCUT2D eigenvalue weighted by atomic mass is 32.2. The van der Waals surface area contributed by atoms with Gasteiger partial charge in [0.25, 0.3) is 0 Å². The molecule has 3 amide bonds. The summed E-state index contributed by atoms with van der Waals surface area (Å²) in [4.78, 5) is 22.3. The Balaban J connectivity index is 2.31. The van der Waals surface area contributed by atoms with Crippen LogP contribution in [0.5, 0.6) is 11.5 Å². The van der Waals surface area contributed by atoms with E-state index < -0.39 is 22.1 Å². The van der Waals surface area contributed by atoms with Crippen LogP contribution in [0.4, 0.5) is 21.0 Å². The summed E-state index contributed by atoms with van der Waals surface area (Å²) in [7, 11) is -2.63. The maximum Gasteiger partial charge on any atom is 0.409 e. The second-order valence-corrected chi connectivity index (χ2v) is 8.03. The number of rotatable bonds is 7. The van der Waals surface area contributed by atoms with Gasteiger partial charge in [-0.15, -0.1) is 0 Å². The minimum Gasteiger partial charge on any atom is -0.465 e. The zero-order chi connectivity index (χ0) is 21.6. The first kappa shape index (κ1) is 22.0. The topological polar surface area (TPSA) is 146 Å². The molecule has 29 heavy (non-hydrogen) atoms. The average Bonchev–Trinajstić information content (AvgIpc) is 2.63. The number of ether oxygens (including phenoxy) is 1. The molecule has 0 aromatic heterocycles. The first-order valence-electron chi connectivity index (χ1n) is 8.53. The summed E-state index contributed by atoms with van der Waals surface area (Å²) in [6.45, 7) is 3.59. The molecule has 0 radical (unpaired) electrons. The van der Waals surface area contributed by atoms with Crippen molar-refractivity contribution in [2.75, 3.05) is 17.7 Å². The summed E-state index contributed by atoms with van der Waals surface area (Å²) < 4.78 is 32.7. The van der Waals surface area contributed by atoms with E-state index in [9.17, 15) is 18.0 Å². The highest BCUT2D eigenvalue weighted by Gasteiger charge is 2.20. The van der Waals surface area contributed by atoms with E-state index in [-0.39, 0.29) is 22.4 Å². The van der Waals surface area contributed by atoms with Gasteiger partial charge in [-0.3, -0.25) is 5.32 Å². The van der Waals surface area contributed by atoms with Crippen LogP contribution in [0.25, 0.3) is 0 Å². The van der Waals surface area contributed by atoms with Crippen molar-refractivity contribution in [3.05, 3.63) is 42.5 Å². The molecule has 11 heteroatoms. The molecule has 2 rings (SSSR count). The van der Waals surface area contributed by atoms with Crippen molar-refractivity contribution in [1.82, 2.24) is 10.0 Å². The van der Waals surface area contributed by atoms with E-state index in [2.05, 4.69) is 20.7 Å². The molecule has 0 bridgehead atoms. The van der Waals surface area contributed by atoms with Gasteiger partial charge in [0.1, 0.15) is 16.4 Å². The predicted molar refractivity (Wildman–Crippen MR) is 108 cm³/mol. The van der Waals surface area contributed by atoms with E-state index in [1.165, 1.54) is 49.5 Å². The number of nitrogens with one attached hydrogen (secondary N) is 4. The molecule has 0 aliphatic carbocycles. The summed E-state index contributed by atoms with van der Waals surface area (Å²) in [6, 6.07) is 9.57. The number of hydrogen-bond donors (Lipinski definition) is 5. The SMILES string of the molecule is CNS(=O)(=O)c1cc(NC(=O)NC(C)C)ccc1Oc1ccc(NC(=O)O)cc1. The van der Waals surface area contributed by atoms with Crippen LogP contribution in [0.3, 0.4) is 0 Å². The normalized spacial score (nSPS) is 11.0. The fourth-order valence-corrected chi connectivity index (χ4v) is 3.15. The van der Waals surface area contributed by atoms with E-state index in [1.54, 1.807) is 13.8 Å². The Labute approximate surface area is 168 Å². The van der Waals surface area contributed by atoms with Crippen molar-refractivity contribution < 1.29 is 27.9 Å². The second-order valence-electron chi connectivity index (χ2n) is 6.18. The lowest BCUT2D eigenvalue weighted by Gasteiger charge is -2.15. The first-order chi connectivity index (χ1) is 13.6. The Morgan fingerprint density at radius 3 is 2.17 bits per heavy atom. The Kier molecular flexibility index (Phi) is 7.02. The van der Waals surface area contributed by atoms with Gasteiger partial charge in [0.2, 0.25) is 10.0 Å². The summed E-state index contributed by atoms with van der Waals surface area (Å²) in [6.07, 6.45) is -1.20. The van der Waals surface area contributed by atoms with Gasteiger partial charge in [-0.05, 0) is 63.4 Å². The Hall–Kier alpha value is -3.31. The summed E-state index contributed by atoms with van der Waals surface area (Å²) in [5.74, 6) is 0.333. The van der Waals surface area contributed by atoms with Crippen molar-refractivity contribution >= 4 is 33.5 Å². The fourth-order valence-electron chi connectivity index (χ4n) is 2.28. The number of hydrogen-bond acceptors (Lipinski definition) is 5. The first-order valence-corrected chi connectivity index (χ1v) is 10.0. The lowest BCUT2D eigenvalue weighted by molar-refractivity contribution is 0.209. The third-order valence-corrected chi connectivity index (χ3v) is 4.95. The molecule has 0 atom stereocenters. The number of urea groups is 1. The molecule has 0 aliphatic heterocycles. The minimum absolute atomic E-state index is 0.0353. The van der Waals surface area contributed by atoms with Gasteiger partial charge in [0, 0.05) is 17.4 Å². The molecule has 0 aliphatic rings. The van der Waals surface area contributed by atoms with Crippen LogP contribution in [-0.4, -0.2) is 38.7 Å². The molecule has 0 unspecified atom stereocenters. The third kappa shape index (κ3) is 6.36. The average molecular weight is 422 g/mol. The van der Waals surface area contributed by atoms with Gasteiger partial charge < -0.3 is 20.5 Å². The molecule has 0 saturated carbocycles. The quantitative estimate of drug-likeness (QED) is 0.464. The summed E-state index contributed by atoms with van der Waals surface area (Å²) in [5.41, 5.74) is 0.606. The maximum absolute atomic E-state index is 12.4. The number of carbonyl (C=O) groups excluding carboxylic acids is 1. The van der Waals surface area contributed by atoms with Crippen LogP contribution in [0, 0.1) is 0 Å². The highest BCUT2D eigenvalue weighted by Crippen LogP contribution is 2.31. The summed E-state index contributed by atoms with van der Waals surface area (Å²) >= 11 is 0. The monoisotopic (exact) mass is 422 g/mol. The van der Waals surface area contributed by atoms with Crippen molar-refractivity contribution in [2.45, 2.75) is 24.8 Å². The fraction of sp³-hybridized carbons (Fsp3) is 0.222. The smallest absolute Gasteiger partial charge is 0.409 e. The number of sulfonamides is 1. The molecular formula is C18H22N4O6S. The molecule has 2 aromatic carbocycles. The molecule has 5 N–H and O–H groups in total. The van der Waals surface area contributed by atoms with Crippen LogP contribution in [0.2, 0.25) is 0 Å². The standard InChI is InChI=1S/C18H22N4O6S/c1-11(2)20-17(23)21-13-6-9-15(16(10-13)29(26,27)19-3)28-14-7-4-12(5-8-14)22-18(24)25/h4-11,19,22H,1-3H3,(H,24,25)(H2,20,21,23). The van der Waals surface area contributed by atoms with Crippen LogP contribution in [0.1, 0.15) is 13.8 Å². The van der Waals surface area contributed by atoms with E-state index in [4.69, 9.17) is 9.84 Å². The van der Waals surface area contributed by atoms with Crippen molar-refractivity contribution in [2.24, 2.45) is 0 Å². The van der Waals surface area contributed by atoms with E-state index in [0.29, 0.717) is 11.4 Å². The number of benzene rings is 2. The molecule has 0 saturated heterocycles. The van der Waals surface area contributed by atoms with E-state index in [0.717, 1.165) is 0 Å². The van der Waals surface area contributed by atoms with Crippen LogP contribution >= 0.6 is 0 Å². The number of anilines is 2. The number of carbonyl (C=O) groups is 2. The molecule has 156 valence electrons. The lowest BCUT2D eigenvalue weighted by Crippen LogP contribution is -2.34. The van der Waals surface area contributed by atoms with Gasteiger partial charge in [-0.25, -0.2) is 22.7 Å². The molecule has 0 spiro atoms. The number of amides is 3. The van der Waals surface area contributed by atoms with Crippen molar-refractivity contribution in [1.29, 1.82) is 0 Å². The molecule has 10 nitrogen and oxygen atoms in total. The van der Waals surface area contributed by atoms with E-state index in [1.807, 2.05) is 0 Å². The maximum atomic E-state index is 12.4. The highest BCUT2D eigenvalue weighted by molar-refractivity contribution is 7.89. The summed E-state index contributed by atoms with van der Waals surface area (Å²) in [5, 5.41) is 16.1. The van der Waals surface area contributed by atoms with Gasteiger partial charge in [-0.2, -0.15) is 0 Å². The molecule has 0 fully saturated rings. The Morgan fingerprint density at radius 1 is 1.00 bits per heavy atom.